The summed E-state index contributed by atoms with van der Waals surface area (Å²) >= 11 is 1.29. The summed E-state index contributed by atoms with van der Waals surface area (Å²) in [7, 11) is 0. The van der Waals surface area contributed by atoms with Gasteiger partial charge in [-0.05, 0) is 36.4 Å². The van der Waals surface area contributed by atoms with Crippen LogP contribution >= 0.6 is 11.3 Å². The van der Waals surface area contributed by atoms with Gasteiger partial charge in [-0.2, -0.15) is 0 Å². The Balaban J connectivity index is 1.42. The molecule has 1 aliphatic rings. The van der Waals surface area contributed by atoms with Crippen molar-refractivity contribution in [2.75, 3.05) is 17.4 Å². The molecule has 0 saturated heterocycles. The second-order valence-electron chi connectivity index (χ2n) is 5.57. The lowest BCUT2D eigenvalue weighted by Crippen LogP contribution is -2.12. The maximum atomic E-state index is 12.3. The quantitative estimate of drug-likeness (QED) is 0.618. The molecule has 136 valence electrons. The number of carboxylic acids is 1. The molecule has 4 rings (SSSR count). The molecule has 2 heterocycles. The molecule has 27 heavy (non-hydrogen) atoms. The molecule has 0 spiro atoms. The van der Waals surface area contributed by atoms with Gasteiger partial charge in [0.15, 0.2) is 16.6 Å². The fourth-order valence-corrected chi connectivity index (χ4v) is 3.14. The Morgan fingerprint density at radius 2 is 1.78 bits per heavy atom. The van der Waals surface area contributed by atoms with Gasteiger partial charge in [0.1, 0.15) is 5.69 Å². The average molecular weight is 383 g/mol. The topological polar surface area (TPSA) is 110 Å². The second-order valence-corrected chi connectivity index (χ2v) is 6.43. The number of hydrogen-bond acceptors (Lipinski definition) is 7. The third-order valence-electron chi connectivity index (χ3n) is 3.75. The number of benzene rings is 2. The van der Waals surface area contributed by atoms with E-state index in [0.29, 0.717) is 22.3 Å². The zero-order valence-corrected chi connectivity index (χ0v) is 14.6. The first kappa shape index (κ1) is 16.9. The van der Waals surface area contributed by atoms with E-state index in [4.69, 9.17) is 14.6 Å². The molecule has 0 saturated carbocycles. The molecule has 0 aliphatic carbocycles. The van der Waals surface area contributed by atoms with Gasteiger partial charge in [0.25, 0.3) is 5.91 Å². The summed E-state index contributed by atoms with van der Waals surface area (Å²) in [6.07, 6.45) is 0. The first-order chi connectivity index (χ1) is 13.1. The van der Waals surface area contributed by atoms with Crippen molar-refractivity contribution in [2.45, 2.75) is 0 Å². The first-order valence-electron chi connectivity index (χ1n) is 7.85. The molecule has 3 aromatic rings. The summed E-state index contributed by atoms with van der Waals surface area (Å²) in [5.41, 5.74) is 1.66. The number of aromatic carboxylic acids is 1. The normalized spacial score (nSPS) is 11.9. The third kappa shape index (κ3) is 3.67. The minimum atomic E-state index is -1.02. The van der Waals surface area contributed by atoms with Crippen LogP contribution in [-0.2, 0) is 0 Å². The van der Waals surface area contributed by atoms with Crippen molar-refractivity contribution in [2.24, 2.45) is 0 Å². The summed E-state index contributed by atoms with van der Waals surface area (Å²) < 4.78 is 10.6. The number of aromatic nitrogens is 1. The van der Waals surface area contributed by atoms with E-state index in [1.165, 1.54) is 35.6 Å². The van der Waals surface area contributed by atoms with Crippen molar-refractivity contribution in [1.29, 1.82) is 0 Å². The Bertz CT molecular complexity index is 1020. The molecule has 0 unspecified atom stereocenters. The van der Waals surface area contributed by atoms with E-state index >= 15 is 0 Å². The highest BCUT2D eigenvalue weighted by molar-refractivity contribution is 7.14. The number of carbonyl (C=O) groups excluding carboxylic acids is 1. The van der Waals surface area contributed by atoms with E-state index in [1.807, 2.05) is 6.07 Å². The van der Waals surface area contributed by atoms with Crippen molar-refractivity contribution in [3.63, 3.8) is 0 Å². The van der Waals surface area contributed by atoms with Crippen molar-refractivity contribution in [3.8, 4) is 11.5 Å². The highest BCUT2D eigenvalue weighted by atomic mass is 32.1. The Labute approximate surface area is 157 Å². The van der Waals surface area contributed by atoms with Crippen LogP contribution in [0.5, 0.6) is 11.5 Å². The van der Waals surface area contributed by atoms with Crippen LogP contribution in [0.2, 0.25) is 0 Å². The molecule has 9 heteroatoms. The lowest BCUT2D eigenvalue weighted by atomic mass is 10.2. The summed E-state index contributed by atoms with van der Waals surface area (Å²) in [4.78, 5) is 27.4. The number of nitrogens with one attached hydrogen (secondary N) is 2. The lowest BCUT2D eigenvalue weighted by molar-refractivity contribution is 0.0696. The van der Waals surface area contributed by atoms with Gasteiger partial charge in [0.2, 0.25) is 6.79 Å². The number of anilines is 3. The van der Waals surface area contributed by atoms with Crippen molar-refractivity contribution in [3.05, 3.63) is 59.1 Å². The monoisotopic (exact) mass is 383 g/mol. The van der Waals surface area contributed by atoms with Crippen LogP contribution in [0, 0.1) is 0 Å². The van der Waals surface area contributed by atoms with Crippen molar-refractivity contribution >= 4 is 39.7 Å². The molecule has 3 N–H and O–H groups in total. The van der Waals surface area contributed by atoms with E-state index in [0.717, 1.165) is 5.69 Å². The number of rotatable bonds is 5. The largest absolute Gasteiger partial charge is 0.478 e. The molecule has 1 aliphatic heterocycles. The molecule has 2 aromatic carbocycles. The highest BCUT2D eigenvalue weighted by Gasteiger charge is 2.15. The van der Waals surface area contributed by atoms with Gasteiger partial charge in [0, 0.05) is 22.8 Å². The van der Waals surface area contributed by atoms with E-state index in [1.54, 1.807) is 17.5 Å². The van der Waals surface area contributed by atoms with Gasteiger partial charge in [0.05, 0.1) is 5.56 Å². The van der Waals surface area contributed by atoms with Crippen LogP contribution in [0.25, 0.3) is 0 Å². The van der Waals surface area contributed by atoms with E-state index in [9.17, 15) is 9.59 Å². The fourth-order valence-electron chi connectivity index (χ4n) is 2.42. The lowest BCUT2D eigenvalue weighted by Gasteiger charge is -2.04. The Morgan fingerprint density at radius 3 is 2.56 bits per heavy atom. The number of nitrogens with zero attached hydrogens (tertiary/aromatic N) is 1. The number of ether oxygens (including phenoxy) is 2. The van der Waals surface area contributed by atoms with Crippen LogP contribution in [0.1, 0.15) is 20.8 Å². The molecular weight excluding hydrogens is 370 g/mol. The van der Waals surface area contributed by atoms with Crippen molar-refractivity contribution < 1.29 is 24.2 Å². The van der Waals surface area contributed by atoms with Gasteiger partial charge in [-0.15, -0.1) is 11.3 Å². The number of fused-ring (bicyclic) bond motifs is 1. The van der Waals surface area contributed by atoms with E-state index < -0.39 is 5.97 Å². The van der Waals surface area contributed by atoms with Gasteiger partial charge in [-0.3, -0.25) is 4.79 Å². The van der Waals surface area contributed by atoms with Crippen LogP contribution in [0.3, 0.4) is 0 Å². The second kappa shape index (κ2) is 6.96. The van der Waals surface area contributed by atoms with Crippen LogP contribution in [-0.4, -0.2) is 28.8 Å². The molecule has 0 atom stereocenters. The first-order valence-corrected chi connectivity index (χ1v) is 8.73. The maximum Gasteiger partial charge on any atom is 0.335 e. The minimum absolute atomic E-state index is 0.150. The van der Waals surface area contributed by atoms with Crippen LogP contribution in [0.15, 0.2) is 47.8 Å². The van der Waals surface area contributed by atoms with Gasteiger partial charge in [-0.25, -0.2) is 9.78 Å². The van der Waals surface area contributed by atoms with Gasteiger partial charge in [-0.1, -0.05) is 0 Å². The van der Waals surface area contributed by atoms with Crippen LogP contribution in [0.4, 0.5) is 16.5 Å². The SMILES string of the molecule is O=C(O)c1ccc(NC(=O)c2csc(Nc3ccc4c(c3)OCO4)n2)cc1. The summed E-state index contributed by atoms with van der Waals surface area (Å²) in [5, 5.41) is 16.9. The molecule has 8 nitrogen and oxygen atoms in total. The zero-order chi connectivity index (χ0) is 18.8. The Morgan fingerprint density at radius 1 is 1.04 bits per heavy atom. The smallest absolute Gasteiger partial charge is 0.335 e. The third-order valence-corrected chi connectivity index (χ3v) is 4.51. The molecule has 1 amide bonds. The molecular formula is C18H13N3O5S. The number of hydrogen-bond donors (Lipinski definition) is 3. The number of amides is 1. The van der Waals surface area contributed by atoms with Crippen molar-refractivity contribution in [1.82, 2.24) is 4.98 Å². The van der Waals surface area contributed by atoms with Gasteiger partial charge < -0.3 is 25.2 Å². The fraction of sp³-hybridized carbons (Fsp3) is 0.0556. The molecule has 0 fully saturated rings. The zero-order valence-electron chi connectivity index (χ0n) is 13.8. The predicted octanol–water partition coefficient (Wildman–Crippen LogP) is 3.57. The Hall–Kier alpha value is -3.59. The number of carbonyl (C=O) groups is 2. The number of thiazole rings is 1. The van der Waals surface area contributed by atoms with Gasteiger partial charge >= 0.3 is 5.97 Å². The molecule has 0 radical (unpaired) electrons. The standard InChI is InChI=1S/C18H13N3O5S/c22-16(19-11-3-1-10(2-4-11)17(23)24)13-8-27-18(21-13)20-12-5-6-14-15(7-12)26-9-25-14/h1-8H,9H2,(H,19,22)(H,20,21)(H,23,24). The summed E-state index contributed by atoms with van der Waals surface area (Å²) in [6.45, 7) is 0.202. The summed E-state index contributed by atoms with van der Waals surface area (Å²) in [5.74, 6) is -0.0623. The maximum absolute atomic E-state index is 12.3. The number of carboxylic acid groups (broad SMARTS) is 1. The minimum Gasteiger partial charge on any atom is -0.478 e. The predicted molar refractivity (Wildman–Crippen MR) is 99.3 cm³/mol. The van der Waals surface area contributed by atoms with E-state index in [2.05, 4.69) is 15.6 Å². The highest BCUT2D eigenvalue weighted by Crippen LogP contribution is 2.35. The average Bonchev–Trinajstić information content (AvgIpc) is 3.31. The molecule has 1 aromatic heterocycles. The van der Waals surface area contributed by atoms with E-state index in [-0.39, 0.29) is 24.0 Å². The Kier molecular flexibility index (Phi) is 4.35. The van der Waals surface area contributed by atoms with Crippen LogP contribution < -0.4 is 20.1 Å². The molecule has 0 bridgehead atoms. The summed E-state index contributed by atoms with van der Waals surface area (Å²) in [6, 6.07) is 11.3.